The van der Waals surface area contributed by atoms with Gasteiger partial charge in [0.05, 0.1) is 6.61 Å². The lowest BCUT2D eigenvalue weighted by Gasteiger charge is -2.01. The van der Waals surface area contributed by atoms with Gasteiger partial charge in [0.15, 0.2) is 0 Å². The van der Waals surface area contributed by atoms with Crippen molar-refractivity contribution in [3.8, 4) is 17.4 Å². The van der Waals surface area contributed by atoms with E-state index in [1.807, 2.05) is 6.92 Å². The van der Waals surface area contributed by atoms with Gasteiger partial charge in [-0.25, -0.2) is 4.98 Å². The lowest BCUT2D eigenvalue weighted by molar-refractivity contribution is 0.260. The Kier molecular flexibility index (Phi) is 2.59. The first-order chi connectivity index (χ1) is 8.36. The van der Waals surface area contributed by atoms with E-state index in [4.69, 9.17) is 9.15 Å². The van der Waals surface area contributed by atoms with Crippen LogP contribution in [0.3, 0.4) is 0 Å². The van der Waals surface area contributed by atoms with Crippen molar-refractivity contribution >= 4 is 0 Å². The summed E-state index contributed by atoms with van der Waals surface area (Å²) in [6, 6.07) is 6.44. The van der Waals surface area contributed by atoms with Crippen LogP contribution >= 0.6 is 0 Å². The minimum absolute atomic E-state index is 0.489. The van der Waals surface area contributed by atoms with E-state index in [1.54, 1.807) is 6.20 Å². The van der Waals surface area contributed by atoms with Gasteiger partial charge in [0.1, 0.15) is 6.20 Å². The third-order valence-corrected chi connectivity index (χ3v) is 3.12. The average Bonchev–Trinajstić information content (AvgIpc) is 2.96. The van der Waals surface area contributed by atoms with E-state index >= 15 is 0 Å². The van der Waals surface area contributed by atoms with Crippen molar-refractivity contribution in [3.05, 3.63) is 35.5 Å². The quantitative estimate of drug-likeness (QED) is 0.810. The van der Waals surface area contributed by atoms with Crippen LogP contribution in [-0.2, 0) is 12.8 Å². The Bertz CT molecular complexity index is 531. The van der Waals surface area contributed by atoms with Crippen molar-refractivity contribution in [2.24, 2.45) is 0 Å². The SMILES string of the molecule is CCOc1cnc(-c2ccc3c(c2)CCC3)o1. The van der Waals surface area contributed by atoms with E-state index in [0.29, 0.717) is 18.4 Å². The lowest BCUT2D eigenvalue weighted by atomic mass is 10.1. The largest absolute Gasteiger partial charge is 0.464 e. The number of oxazole rings is 1. The molecule has 1 aromatic heterocycles. The summed E-state index contributed by atoms with van der Waals surface area (Å²) >= 11 is 0. The molecule has 3 nitrogen and oxygen atoms in total. The number of aryl methyl sites for hydroxylation is 2. The maximum atomic E-state index is 5.54. The normalized spacial score (nSPS) is 13.7. The first-order valence-electron chi connectivity index (χ1n) is 6.07. The molecule has 0 N–H and O–H groups in total. The number of nitrogens with zero attached hydrogens (tertiary/aromatic N) is 1. The molecule has 3 heteroatoms. The zero-order valence-electron chi connectivity index (χ0n) is 9.90. The van der Waals surface area contributed by atoms with Gasteiger partial charge in [0.2, 0.25) is 5.89 Å². The molecule has 0 amide bonds. The van der Waals surface area contributed by atoms with Crippen LogP contribution in [0.15, 0.2) is 28.8 Å². The molecule has 1 aliphatic rings. The minimum Gasteiger partial charge on any atom is -0.464 e. The maximum Gasteiger partial charge on any atom is 0.305 e. The fraction of sp³-hybridized carbons (Fsp3) is 0.357. The van der Waals surface area contributed by atoms with Crippen molar-refractivity contribution in [1.29, 1.82) is 0 Å². The van der Waals surface area contributed by atoms with E-state index < -0.39 is 0 Å². The molecular weight excluding hydrogens is 214 g/mol. The Morgan fingerprint density at radius 1 is 1.29 bits per heavy atom. The molecule has 0 fully saturated rings. The molecule has 0 saturated carbocycles. The molecular formula is C14H15NO2. The fourth-order valence-electron chi connectivity index (χ4n) is 2.31. The van der Waals surface area contributed by atoms with Gasteiger partial charge in [-0.2, -0.15) is 0 Å². The molecule has 1 aromatic carbocycles. The molecule has 0 bridgehead atoms. The van der Waals surface area contributed by atoms with Crippen molar-refractivity contribution < 1.29 is 9.15 Å². The lowest BCUT2D eigenvalue weighted by Crippen LogP contribution is -1.88. The zero-order chi connectivity index (χ0) is 11.7. The molecule has 88 valence electrons. The summed E-state index contributed by atoms with van der Waals surface area (Å²) in [5, 5.41) is 0. The Balaban J connectivity index is 1.92. The Hall–Kier alpha value is -1.77. The van der Waals surface area contributed by atoms with Crippen LogP contribution in [0.4, 0.5) is 0 Å². The summed E-state index contributed by atoms with van der Waals surface area (Å²) in [6.07, 6.45) is 5.26. The monoisotopic (exact) mass is 229 g/mol. The average molecular weight is 229 g/mol. The molecule has 0 atom stereocenters. The van der Waals surface area contributed by atoms with Crippen molar-refractivity contribution in [3.63, 3.8) is 0 Å². The Morgan fingerprint density at radius 2 is 2.18 bits per heavy atom. The topological polar surface area (TPSA) is 35.3 Å². The molecule has 0 radical (unpaired) electrons. The van der Waals surface area contributed by atoms with E-state index in [-0.39, 0.29) is 0 Å². The number of fused-ring (bicyclic) bond motifs is 1. The van der Waals surface area contributed by atoms with Crippen molar-refractivity contribution in [2.75, 3.05) is 6.61 Å². The van der Waals surface area contributed by atoms with Crippen LogP contribution in [-0.4, -0.2) is 11.6 Å². The van der Waals surface area contributed by atoms with Crippen molar-refractivity contribution in [1.82, 2.24) is 4.98 Å². The van der Waals surface area contributed by atoms with E-state index in [2.05, 4.69) is 23.2 Å². The number of hydrogen-bond donors (Lipinski definition) is 0. The first-order valence-corrected chi connectivity index (χ1v) is 6.07. The van der Waals surface area contributed by atoms with Gasteiger partial charge >= 0.3 is 5.95 Å². The number of benzene rings is 1. The van der Waals surface area contributed by atoms with Crippen LogP contribution in [0.2, 0.25) is 0 Å². The van der Waals surface area contributed by atoms with Gasteiger partial charge < -0.3 is 9.15 Å². The molecule has 1 aliphatic carbocycles. The highest BCUT2D eigenvalue weighted by Crippen LogP contribution is 2.29. The van der Waals surface area contributed by atoms with Gasteiger partial charge in [0, 0.05) is 5.56 Å². The summed E-state index contributed by atoms with van der Waals surface area (Å²) in [6.45, 7) is 2.52. The number of aromatic nitrogens is 1. The van der Waals surface area contributed by atoms with Gasteiger partial charge in [-0.05, 0) is 49.4 Å². The van der Waals surface area contributed by atoms with Gasteiger partial charge in [-0.1, -0.05) is 6.07 Å². The Labute approximate surface area is 100 Å². The summed E-state index contributed by atoms with van der Waals surface area (Å²) in [7, 11) is 0. The van der Waals surface area contributed by atoms with Crippen molar-refractivity contribution in [2.45, 2.75) is 26.2 Å². The highest BCUT2D eigenvalue weighted by Gasteiger charge is 2.13. The second-order valence-electron chi connectivity index (χ2n) is 4.25. The smallest absolute Gasteiger partial charge is 0.305 e. The molecule has 0 saturated heterocycles. The Morgan fingerprint density at radius 3 is 3.06 bits per heavy atom. The van der Waals surface area contributed by atoms with Crippen LogP contribution < -0.4 is 4.74 Å². The summed E-state index contributed by atoms with van der Waals surface area (Å²) in [5.41, 5.74) is 3.93. The minimum atomic E-state index is 0.489. The second-order valence-corrected chi connectivity index (χ2v) is 4.25. The van der Waals surface area contributed by atoms with E-state index in [0.717, 1.165) is 5.56 Å². The summed E-state index contributed by atoms with van der Waals surface area (Å²) in [5.74, 6) is 1.13. The highest BCUT2D eigenvalue weighted by molar-refractivity contribution is 5.57. The van der Waals surface area contributed by atoms with Gasteiger partial charge in [0.25, 0.3) is 0 Å². The van der Waals surface area contributed by atoms with E-state index in [9.17, 15) is 0 Å². The molecule has 2 aromatic rings. The molecule has 3 rings (SSSR count). The maximum absolute atomic E-state index is 5.54. The fourth-order valence-corrected chi connectivity index (χ4v) is 2.31. The second kappa shape index (κ2) is 4.24. The number of rotatable bonds is 3. The zero-order valence-corrected chi connectivity index (χ0v) is 9.90. The van der Waals surface area contributed by atoms with Crippen LogP contribution in [0, 0.1) is 0 Å². The summed E-state index contributed by atoms with van der Waals surface area (Å²) in [4.78, 5) is 4.24. The first kappa shape index (κ1) is 10.4. The molecule has 0 unspecified atom stereocenters. The van der Waals surface area contributed by atoms with Crippen LogP contribution in [0.1, 0.15) is 24.5 Å². The molecule has 1 heterocycles. The van der Waals surface area contributed by atoms with Gasteiger partial charge in [-0.15, -0.1) is 0 Å². The third-order valence-electron chi connectivity index (χ3n) is 3.12. The number of ether oxygens (including phenoxy) is 1. The van der Waals surface area contributed by atoms with E-state index in [1.165, 1.54) is 30.4 Å². The third kappa shape index (κ3) is 1.93. The standard InChI is InChI=1S/C14H15NO2/c1-2-16-13-9-15-14(17-13)12-7-6-10-4-3-5-11(10)8-12/h6-9H,2-5H2,1H3. The molecule has 0 aliphatic heterocycles. The predicted octanol–water partition coefficient (Wildman–Crippen LogP) is 3.23. The predicted molar refractivity (Wildman–Crippen MR) is 65.1 cm³/mol. The van der Waals surface area contributed by atoms with Gasteiger partial charge in [-0.3, -0.25) is 0 Å². The number of hydrogen-bond acceptors (Lipinski definition) is 3. The highest BCUT2D eigenvalue weighted by atomic mass is 16.6. The van der Waals surface area contributed by atoms with Crippen LogP contribution in [0.5, 0.6) is 5.95 Å². The molecule has 17 heavy (non-hydrogen) atoms. The van der Waals surface area contributed by atoms with Crippen LogP contribution in [0.25, 0.3) is 11.5 Å². The summed E-state index contributed by atoms with van der Waals surface area (Å²) < 4.78 is 10.8. The molecule has 0 spiro atoms.